The van der Waals surface area contributed by atoms with Crippen LogP contribution in [0.4, 0.5) is 0 Å². The first-order valence-corrected chi connectivity index (χ1v) is 13.2. The summed E-state index contributed by atoms with van der Waals surface area (Å²) >= 11 is 3.57. The fourth-order valence-corrected chi connectivity index (χ4v) is 4.98. The predicted octanol–water partition coefficient (Wildman–Crippen LogP) is 6.13. The molecule has 1 atom stereocenters. The monoisotopic (exact) mass is 528 g/mol. The number of hydrogen-bond donors (Lipinski definition) is 1. The van der Waals surface area contributed by atoms with E-state index in [-0.39, 0.29) is 24.5 Å². The fourth-order valence-electron chi connectivity index (χ4n) is 4.47. The molecular weight excluding hydrogens is 492 g/mol. The number of aryl methyl sites for hydroxylation is 1. The molecule has 5 nitrogen and oxygen atoms in total. The molecule has 0 bridgehead atoms. The summed E-state index contributed by atoms with van der Waals surface area (Å²) in [7, 11) is 0. The van der Waals surface area contributed by atoms with Gasteiger partial charge in [-0.2, -0.15) is 0 Å². The van der Waals surface area contributed by atoms with Crippen LogP contribution in [0.3, 0.4) is 0 Å². The van der Waals surface area contributed by atoms with Gasteiger partial charge in [-0.3, -0.25) is 9.59 Å². The highest BCUT2D eigenvalue weighted by atomic mass is 79.9. The Bertz CT molecular complexity index is 985. The maximum Gasteiger partial charge on any atom is 0.261 e. The van der Waals surface area contributed by atoms with Gasteiger partial charge < -0.3 is 15.0 Å². The number of halogens is 1. The van der Waals surface area contributed by atoms with E-state index in [1.54, 1.807) is 4.90 Å². The average Bonchev–Trinajstić information content (AvgIpc) is 3.32. The summed E-state index contributed by atoms with van der Waals surface area (Å²) in [4.78, 5) is 28.4. The third-order valence-corrected chi connectivity index (χ3v) is 7.28. The second kappa shape index (κ2) is 12.4. The Balaban J connectivity index is 1.78. The summed E-state index contributed by atoms with van der Waals surface area (Å²) in [5, 5.41) is 3.18. The molecule has 0 aliphatic heterocycles. The molecule has 1 saturated carbocycles. The van der Waals surface area contributed by atoms with Crippen molar-refractivity contribution in [3.8, 4) is 5.75 Å². The van der Waals surface area contributed by atoms with Crippen molar-refractivity contribution in [2.75, 3.05) is 6.61 Å². The van der Waals surface area contributed by atoms with E-state index in [2.05, 4.69) is 35.1 Å². The summed E-state index contributed by atoms with van der Waals surface area (Å²) in [6, 6.07) is 13.6. The van der Waals surface area contributed by atoms with E-state index in [4.69, 9.17) is 4.74 Å². The Morgan fingerprint density at radius 1 is 1.15 bits per heavy atom. The Morgan fingerprint density at radius 3 is 2.47 bits per heavy atom. The number of carbonyl (C=O) groups excluding carboxylic acids is 2. The van der Waals surface area contributed by atoms with Crippen LogP contribution >= 0.6 is 15.9 Å². The molecule has 1 aliphatic carbocycles. The van der Waals surface area contributed by atoms with Crippen LogP contribution < -0.4 is 10.1 Å². The first-order valence-electron chi connectivity index (χ1n) is 12.4. The maximum absolute atomic E-state index is 13.5. The van der Waals surface area contributed by atoms with Crippen molar-refractivity contribution in [2.45, 2.75) is 84.3 Å². The smallest absolute Gasteiger partial charge is 0.261 e. The van der Waals surface area contributed by atoms with Gasteiger partial charge in [0, 0.05) is 12.6 Å². The fraction of sp³-hybridized carbons (Fsp3) is 0.500. The largest absolute Gasteiger partial charge is 0.483 e. The number of rotatable bonds is 10. The molecule has 0 saturated heterocycles. The van der Waals surface area contributed by atoms with Gasteiger partial charge in [-0.1, -0.05) is 63.9 Å². The Labute approximate surface area is 212 Å². The number of hydrogen-bond acceptors (Lipinski definition) is 3. The van der Waals surface area contributed by atoms with Crippen LogP contribution in [0.2, 0.25) is 0 Å². The number of ether oxygens (including phenoxy) is 1. The summed E-state index contributed by atoms with van der Waals surface area (Å²) in [6.45, 7) is 8.51. The van der Waals surface area contributed by atoms with Crippen LogP contribution in [0.15, 0.2) is 46.9 Å². The molecule has 0 aromatic heterocycles. The Hall–Kier alpha value is -2.34. The molecule has 3 rings (SSSR count). The van der Waals surface area contributed by atoms with Crippen molar-refractivity contribution < 1.29 is 14.3 Å². The zero-order chi connectivity index (χ0) is 24.7. The van der Waals surface area contributed by atoms with E-state index in [0.29, 0.717) is 24.6 Å². The molecule has 0 spiro atoms. The van der Waals surface area contributed by atoms with E-state index < -0.39 is 6.04 Å². The second-order valence-corrected chi connectivity index (χ2v) is 10.3. The van der Waals surface area contributed by atoms with Crippen molar-refractivity contribution in [1.82, 2.24) is 10.2 Å². The van der Waals surface area contributed by atoms with Crippen molar-refractivity contribution in [1.29, 1.82) is 0 Å². The minimum Gasteiger partial charge on any atom is -0.483 e. The number of amides is 2. The van der Waals surface area contributed by atoms with Crippen molar-refractivity contribution in [3.63, 3.8) is 0 Å². The zero-order valence-corrected chi connectivity index (χ0v) is 22.4. The van der Waals surface area contributed by atoms with Crippen LogP contribution in [-0.2, 0) is 16.1 Å². The summed E-state index contributed by atoms with van der Waals surface area (Å²) < 4.78 is 6.74. The number of benzene rings is 2. The third-order valence-electron chi connectivity index (χ3n) is 6.66. The van der Waals surface area contributed by atoms with Crippen LogP contribution in [-0.4, -0.2) is 35.4 Å². The molecule has 0 radical (unpaired) electrons. The van der Waals surface area contributed by atoms with Gasteiger partial charge >= 0.3 is 0 Å². The van der Waals surface area contributed by atoms with Crippen LogP contribution in [0, 0.1) is 6.92 Å². The van der Waals surface area contributed by atoms with Gasteiger partial charge in [-0.15, -0.1) is 0 Å². The SMILES string of the molecule is CC[C@H](C(=O)NC1CCCC1)N(Cc1ccccc1C)C(=O)COc1ccc(C(C)C)cc1Br. The van der Waals surface area contributed by atoms with E-state index in [1.165, 1.54) is 5.56 Å². The second-order valence-electron chi connectivity index (χ2n) is 9.50. The molecule has 0 heterocycles. The highest BCUT2D eigenvalue weighted by Crippen LogP contribution is 2.29. The molecular formula is C28H37BrN2O3. The highest BCUT2D eigenvalue weighted by molar-refractivity contribution is 9.10. The van der Waals surface area contributed by atoms with Gasteiger partial charge in [0.25, 0.3) is 5.91 Å². The lowest BCUT2D eigenvalue weighted by molar-refractivity contribution is -0.143. The van der Waals surface area contributed by atoms with Crippen molar-refractivity contribution in [2.24, 2.45) is 0 Å². The Morgan fingerprint density at radius 2 is 1.85 bits per heavy atom. The molecule has 184 valence electrons. The molecule has 1 N–H and O–H groups in total. The van der Waals surface area contributed by atoms with Crippen LogP contribution in [0.5, 0.6) is 5.75 Å². The highest BCUT2D eigenvalue weighted by Gasteiger charge is 2.31. The minimum absolute atomic E-state index is 0.0706. The topological polar surface area (TPSA) is 58.6 Å². The van der Waals surface area contributed by atoms with Gasteiger partial charge in [0.15, 0.2) is 6.61 Å². The van der Waals surface area contributed by atoms with E-state index in [9.17, 15) is 9.59 Å². The molecule has 2 amide bonds. The lowest BCUT2D eigenvalue weighted by atomic mass is 10.0. The molecule has 2 aromatic carbocycles. The molecule has 1 fully saturated rings. The van der Waals surface area contributed by atoms with Gasteiger partial charge in [-0.05, 0) is 76.9 Å². The third kappa shape index (κ3) is 6.84. The molecule has 0 unspecified atom stereocenters. The van der Waals surface area contributed by atoms with Gasteiger partial charge in [0.1, 0.15) is 11.8 Å². The summed E-state index contributed by atoms with van der Waals surface area (Å²) in [5.74, 6) is 0.757. The predicted molar refractivity (Wildman–Crippen MR) is 140 cm³/mol. The quantitative estimate of drug-likeness (QED) is 0.403. The van der Waals surface area contributed by atoms with E-state index >= 15 is 0 Å². The Kier molecular flexibility index (Phi) is 9.57. The normalized spacial score (nSPS) is 14.8. The van der Waals surface area contributed by atoms with Crippen molar-refractivity contribution >= 4 is 27.7 Å². The lowest BCUT2D eigenvalue weighted by Gasteiger charge is -2.32. The molecule has 6 heteroatoms. The van der Waals surface area contributed by atoms with E-state index in [0.717, 1.165) is 41.3 Å². The lowest BCUT2D eigenvalue weighted by Crippen LogP contribution is -2.52. The van der Waals surface area contributed by atoms with Gasteiger partial charge in [0.2, 0.25) is 5.91 Å². The first-order chi connectivity index (χ1) is 16.3. The first kappa shape index (κ1) is 26.3. The maximum atomic E-state index is 13.5. The standard InChI is InChI=1S/C28H37BrN2O3/c1-5-25(28(33)30-23-12-8-9-13-23)31(17-22-11-7-6-10-20(22)4)27(32)18-34-26-15-14-21(19(2)3)16-24(26)29/h6-7,10-11,14-16,19,23,25H,5,8-9,12-13,17-18H2,1-4H3,(H,30,33)/t25-/m1/s1. The molecule has 2 aromatic rings. The molecule has 34 heavy (non-hydrogen) atoms. The van der Waals surface area contributed by atoms with Gasteiger partial charge in [-0.25, -0.2) is 0 Å². The number of carbonyl (C=O) groups is 2. The van der Waals surface area contributed by atoms with Crippen LogP contribution in [0.1, 0.15) is 75.5 Å². The molecule has 1 aliphatic rings. The van der Waals surface area contributed by atoms with Crippen LogP contribution in [0.25, 0.3) is 0 Å². The zero-order valence-electron chi connectivity index (χ0n) is 20.8. The van der Waals surface area contributed by atoms with E-state index in [1.807, 2.05) is 56.3 Å². The average molecular weight is 530 g/mol. The summed E-state index contributed by atoms with van der Waals surface area (Å²) in [6.07, 6.45) is 4.86. The minimum atomic E-state index is -0.539. The van der Waals surface area contributed by atoms with Crippen molar-refractivity contribution in [3.05, 3.63) is 63.6 Å². The number of nitrogens with one attached hydrogen (secondary N) is 1. The number of nitrogens with zero attached hydrogens (tertiary/aromatic N) is 1. The summed E-state index contributed by atoms with van der Waals surface area (Å²) in [5.41, 5.74) is 3.33. The van der Waals surface area contributed by atoms with Gasteiger partial charge in [0.05, 0.1) is 4.47 Å².